The highest BCUT2D eigenvalue weighted by molar-refractivity contribution is 7.89. The number of hydrogen-bond acceptors (Lipinski definition) is 7. The van der Waals surface area contributed by atoms with Crippen molar-refractivity contribution in [3.63, 3.8) is 0 Å². The van der Waals surface area contributed by atoms with Gasteiger partial charge in [0.15, 0.2) is 5.13 Å². The quantitative estimate of drug-likeness (QED) is 0.268. The number of thiazole rings is 2. The molecule has 0 bridgehead atoms. The molecule has 2 aromatic heterocycles. The lowest BCUT2D eigenvalue weighted by atomic mass is 10.2. The number of sulfonamides is 1. The molecule has 182 valence electrons. The lowest BCUT2D eigenvalue weighted by Crippen LogP contribution is -2.30. The van der Waals surface area contributed by atoms with Gasteiger partial charge in [-0.05, 0) is 42.0 Å². The van der Waals surface area contributed by atoms with Crippen molar-refractivity contribution in [2.75, 3.05) is 11.9 Å². The summed E-state index contributed by atoms with van der Waals surface area (Å²) in [6.45, 7) is 2.42. The zero-order chi connectivity index (χ0) is 25.1. The van der Waals surface area contributed by atoms with Gasteiger partial charge in [0.2, 0.25) is 10.0 Å². The number of hydrogen-bond donors (Lipinski definition) is 1. The molecule has 5 aromatic rings. The number of carbonyl (C=O) groups excluding carboxylic acids is 1. The van der Waals surface area contributed by atoms with Gasteiger partial charge in [-0.1, -0.05) is 49.4 Å². The van der Waals surface area contributed by atoms with Crippen LogP contribution in [-0.2, 0) is 16.6 Å². The minimum Gasteiger partial charge on any atom is -0.298 e. The number of nitrogens with zero attached hydrogens (tertiary/aromatic N) is 3. The normalized spacial score (nSPS) is 11.7. The van der Waals surface area contributed by atoms with Crippen LogP contribution in [0.4, 0.5) is 5.13 Å². The van der Waals surface area contributed by atoms with Crippen LogP contribution >= 0.6 is 22.7 Å². The average molecular weight is 535 g/mol. The van der Waals surface area contributed by atoms with E-state index in [4.69, 9.17) is 0 Å². The van der Waals surface area contributed by atoms with E-state index >= 15 is 0 Å². The summed E-state index contributed by atoms with van der Waals surface area (Å²) in [6, 6.07) is 23.3. The van der Waals surface area contributed by atoms with E-state index in [1.165, 1.54) is 39.9 Å². The minimum absolute atomic E-state index is 0.143. The van der Waals surface area contributed by atoms with Crippen LogP contribution in [0.5, 0.6) is 0 Å². The van der Waals surface area contributed by atoms with Crippen LogP contribution in [0.15, 0.2) is 89.1 Å². The third-order valence-corrected chi connectivity index (χ3v) is 9.30. The summed E-state index contributed by atoms with van der Waals surface area (Å²) in [4.78, 5) is 22.0. The van der Waals surface area contributed by atoms with E-state index in [0.717, 1.165) is 20.8 Å². The Labute approximate surface area is 217 Å². The molecule has 5 rings (SSSR count). The van der Waals surface area contributed by atoms with E-state index < -0.39 is 10.0 Å². The standard InChI is InChI=1S/C26H22N4O3S3/c1-2-30(16-18-8-4-3-5-9-18)36(32,33)20-14-12-19(13-15-20)24(31)29-26-28-22(17-34-26)25-27-21-10-6-7-11-23(21)35-25/h3-15,17H,2,16H2,1H3,(H,28,29,31). The molecule has 0 aliphatic carbocycles. The molecule has 36 heavy (non-hydrogen) atoms. The van der Waals surface area contributed by atoms with E-state index in [9.17, 15) is 13.2 Å². The number of nitrogens with one attached hydrogen (secondary N) is 1. The van der Waals surface area contributed by atoms with Crippen LogP contribution in [0.3, 0.4) is 0 Å². The number of anilines is 1. The second kappa shape index (κ2) is 10.3. The maximum Gasteiger partial charge on any atom is 0.257 e. The Kier molecular flexibility index (Phi) is 6.92. The first-order valence-corrected chi connectivity index (χ1v) is 14.3. The van der Waals surface area contributed by atoms with Gasteiger partial charge < -0.3 is 0 Å². The number of para-hydroxylation sites is 1. The second-order valence-corrected chi connectivity index (χ2v) is 11.7. The zero-order valence-corrected chi connectivity index (χ0v) is 21.7. The van der Waals surface area contributed by atoms with Gasteiger partial charge in [-0.3, -0.25) is 10.1 Å². The van der Waals surface area contributed by atoms with Gasteiger partial charge in [0.25, 0.3) is 5.91 Å². The molecule has 7 nitrogen and oxygen atoms in total. The molecule has 0 spiro atoms. The molecule has 0 aliphatic heterocycles. The minimum atomic E-state index is -3.70. The van der Waals surface area contributed by atoms with Crippen molar-refractivity contribution in [3.05, 3.63) is 95.4 Å². The molecule has 0 radical (unpaired) electrons. The van der Waals surface area contributed by atoms with E-state index in [2.05, 4.69) is 15.3 Å². The molecule has 0 saturated heterocycles. The van der Waals surface area contributed by atoms with Gasteiger partial charge in [0.1, 0.15) is 10.7 Å². The van der Waals surface area contributed by atoms with Crippen molar-refractivity contribution >= 4 is 54.0 Å². The first kappa shape index (κ1) is 24.3. The molecule has 3 aromatic carbocycles. The van der Waals surface area contributed by atoms with Crippen LogP contribution in [0.1, 0.15) is 22.8 Å². The largest absolute Gasteiger partial charge is 0.298 e. The molecule has 1 amide bonds. The van der Waals surface area contributed by atoms with Gasteiger partial charge in [0, 0.05) is 24.0 Å². The summed E-state index contributed by atoms with van der Waals surface area (Å²) in [5.74, 6) is -0.360. The maximum atomic E-state index is 13.2. The Morgan fingerprint density at radius 2 is 1.67 bits per heavy atom. The summed E-state index contributed by atoms with van der Waals surface area (Å²) in [6.07, 6.45) is 0. The average Bonchev–Trinajstić information content (AvgIpc) is 3.55. The molecule has 0 saturated carbocycles. The van der Waals surface area contributed by atoms with Gasteiger partial charge in [-0.15, -0.1) is 22.7 Å². The Balaban J connectivity index is 1.28. The number of rotatable bonds is 8. The third kappa shape index (κ3) is 5.07. The van der Waals surface area contributed by atoms with Crippen LogP contribution in [0.25, 0.3) is 20.9 Å². The summed E-state index contributed by atoms with van der Waals surface area (Å²) in [5.41, 5.74) is 2.87. The predicted molar refractivity (Wildman–Crippen MR) is 145 cm³/mol. The number of amides is 1. The molecule has 2 heterocycles. The summed E-state index contributed by atoms with van der Waals surface area (Å²) in [7, 11) is -3.70. The molecule has 0 atom stereocenters. The summed E-state index contributed by atoms with van der Waals surface area (Å²) >= 11 is 2.86. The summed E-state index contributed by atoms with van der Waals surface area (Å²) < 4.78 is 28.8. The van der Waals surface area contributed by atoms with Crippen LogP contribution in [-0.4, -0.2) is 35.1 Å². The zero-order valence-electron chi connectivity index (χ0n) is 19.3. The molecular formula is C26H22N4O3S3. The topological polar surface area (TPSA) is 92.3 Å². The van der Waals surface area contributed by atoms with E-state index in [1.807, 2.05) is 60.0 Å². The fourth-order valence-corrected chi connectivity index (χ4v) is 6.79. The highest BCUT2D eigenvalue weighted by atomic mass is 32.2. The van der Waals surface area contributed by atoms with Crippen molar-refractivity contribution in [2.45, 2.75) is 18.4 Å². The molecule has 0 fully saturated rings. The number of aromatic nitrogens is 2. The van der Waals surface area contributed by atoms with Gasteiger partial charge in [-0.25, -0.2) is 18.4 Å². The van der Waals surface area contributed by atoms with Crippen molar-refractivity contribution < 1.29 is 13.2 Å². The van der Waals surface area contributed by atoms with Crippen molar-refractivity contribution in [1.29, 1.82) is 0 Å². The van der Waals surface area contributed by atoms with Crippen molar-refractivity contribution in [3.8, 4) is 10.7 Å². The maximum absolute atomic E-state index is 13.2. The monoisotopic (exact) mass is 534 g/mol. The van der Waals surface area contributed by atoms with Gasteiger partial charge in [0.05, 0.1) is 15.1 Å². The second-order valence-electron chi connectivity index (χ2n) is 7.92. The van der Waals surface area contributed by atoms with Crippen molar-refractivity contribution in [1.82, 2.24) is 14.3 Å². The van der Waals surface area contributed by atoms with Gasteiger partial charge >= 0.3 is 0 Å². The summed E-state index contributed by atoms with van der Waals surface area (Å²) in [5, 5.41) is 5.89. The molecule has 0 unspecified atom stereocenters. The Morgan fingerprint density at radius 1 is 0.944 bits per heavy atom. The van der Waals surface area contributed by atoms with Crippen LogP contribution < -0.4 is 5.32 Å². The van der Waals surface area contributed by atoms with Crippen LogP contribution in [0.2, 0.25) is 0 Å². The Bertz CT molecular complexity index is 1580. The third-order valence-electron chi connectivity index (χ3n) is 5.55. The van der Waals surface area contributed by atoms with Gasteiger partial charge in [-0.2, -0.15) is 4.31 Å². The fraction of sp³-hybridized carbons (Fsp3) is 0.115. The van der Waals surface area contributed by atoms with Crippen molar-refractivity contribution in [2.24, 2.45) is 0 Å². The highest BCUT2D eigenvalue weighted by Crippen LogP contribution is 2.32. The SMILES string of the molecule is CCN(Cc1ccccc1)S(=O)(=O)c1ccc(C(=O)Nc2nc(-c3nc4ccccc4s3)cs2)cc1. The molecule has 1 N–H and O–H groups in total. The Morgan fingerprint density at radius 3 is 2.39 bits per heavy atom. The van der Waals surface area contributed by atoms with E-state index in [0.29, 0.717) is 22.9 Å². The predicted octanol–water partition coefficient (Wildman–Crippen LogP) is 5.88. The number of benzene rings is 3. The lowest BCUT2D eigenvalue weighted by molar-refractivity contribution is 0.102. The Hall–Kier alpha value is -3.44. The number of carbonyl (C=O) groups is 1. The first-order chi connectivity index (χ1) is 17.4. The highest BCUT2D eigenvalue weighted by Gasteiger charge is 2.23. The first-order valence-electron chi connectivity index (χ1n) is 11.2. The number of fused-ring (bicyclic) bond motifs is 1. The van der Waals surface area contributed by atoms with E-state index in [-0.39, 0.29) is 17.3 Å². The lowest BCUT2D eigenvalue weighted by Gasteiger charge is -2.20. The van der Waals surface area contributed by atoms with E-state index in [1.54, 1.807) is 18.3 Å². The van der Waals surface area contributed by atoms with Crippen LogP contribution in [0, 0.1) is 0 Å². The molecule has 0 aliphatic rings. The fourth-order valence-electron chi connectivity index (χ4n) is 3.66. The smallest absolute Gasteiger partial charge is 0.257 e. The molecular weight excluding hydrogens is 513 g/mol. The molecule has 10 heteroatoms.